The van der Waals surface area contributed by atoms with Crippen molar-refractivity contribution in [3.63, 3.8) is 0 Å². The van der Waals surface area contributed by atoms with Crippen LogP contribution in [0.1, 0.15) is 18.4 Å². The Labute approximate surface area is 70.1 Å². The molecule has 1 rings (SSSR count). The summed E-state index contributed by atoms with van der Waals surface area (Å²) in [7, 11) is 0. The van der Waals surface area contributed by atoms with Crippen LogP contribution in [-0.2, 0) is 13.0 Å². The average molecular weight is 168 g/mol. The third-order valence-corrected chi connectivity index (χ3v) is 1.40. The van der Waals surface area contributed by atoms with E-state index in [1.807, 2.05) is 13.0 Å². The predicted octanol–water partition coefficient (Wildman–Crippen LogP) is 1.84. The molecule has 0 amide bonds. The summed E-state index contributed by atoms with van der Waals surface area (Å²) in [6, 6.07) is 1.87. The van der Waals surface area contributed by atoms with E-state index in [0.29, 0.717) is 6.54 Å². The van der Waals surface area contributed by atoms with Gasteiger partial charge in [0.15, 0.2) is 5.76 Å². The molecule has 0 saturated heterocycles. The molecule has 0 aromatic carbocycles. The quantitative estimate of drug-likeness (QED) is 0.510. The first-order valence-corrected chi connectivity index (χ1v) is 3.75. The Morgan fingerprint density at radius 3 is 3.18 bits per heavy atom. The molecule has 0 radical (unpaired) electrons. The van der Waals surface area contributed by atoms with Gasteiger partial charge in [-0.25, -0.2) is 4.99 Å². The van der Waals surface area contributed by atoms with E-state index in [1.165, 1.54) is 0 Å². The maximum Gasteiger partial charge on any atom is 0.159 e. The topological polar surface area (TPSA) is 38.4 Å². The molecule has 0 atom stereocenters. The van der Waals surface area contributed by atoms with Crippen molar-refractivity contribution in [3.05, 3.63) is 17.5 Å². The van der Waals surface area contributed by atoms with Crippen molar-refractivity contribution in [1.82, 2.24) is 5.16 Å². The molecule has 58 valence electrons. The minimum atomic E-state index is 0.441. The van der Waals surface area contributed by atoms with E-state index in [9.17, 15) is 0 Å². The molecule has 0 fully saturated rings. The molecule has 0 N–H and O–H groups in total. The minimum Gasteiger partial charge on any atom is -0.359 e. The summed E-state index contributed by atoms with van der Waals surface area (Å²) in [6.07, 6.45) is 0.880. The van der Waals surface area contributed by atoms with Gasteiger partial charge in [-0.15, -0.1) is 0 Å². The molecule has 0 aliphatic carbocycles. The normalized spacial score (nSPS) is 9.18. The van der Waals surface area contributed by atoms with Gasteiger partial charge < -0.3 is 4.52 Å². The van der Waals surface area contributed by atoms with Crippen molar-refractivity contribution in [2.24, 2.45) is 4.99 Å². The van der Waals surface area contributed by atoms with Crippen LogP contribution in [0.5, 0.6) is 0 Å². The highest BCUT2D eigenvalue weighted by Gasteiger charge is 1.99. The van der Waals surface area contributed by atoms with Crippen molar-refractivity contribution in [1.29, 1.82) is 0 Å². The Bertz CT molecular complexity index is 276. The lowest BCUT2D eigenvalue weighted by Crippen LogP contribution is -1.75. The fourth-order valence-corrected chi connectivity index (χ4v) is 0.772. The van der Waals surface area contributed by atoms with Crippen LogP contribution in [0.15, 0.2) is 15.6 Å². The van der Waals surface area contributed by atoms with Gasteiger partial charge in [-0.05, 0) is 18.6 Å². The Balaban J connectivity index is 2.64. The zero-order chi connectivity index (χ0) is 8.10. The number of nitrogens with zero attached hydrogens (tertiary/aromatic N) is 2. The first-order valence-electron chi connectivity index (χ1n) is 3.35. The van der Waals surface area contributed by atoms with Crippen LogP contribution < -0.4 is 0 Å². The maximum atomic E-state index is 4.93. The smallest absolute Gasteiger partial charge is 0.159 e. The third kappa shape index (κ3) is 2.26. The number of aliphatic imine (C=N–C) groups is 1. The Morgan fingerprint density at radius 2 is 2.64 bits per heavy atom. The first kappa shape index (κ1) is 8.11. The van der Waals surface area contributed by atoms with Crippen LogP contribution >= 0.6 is 12.2 Å². The number of isothiocyanates is 1. The van der Waals surface area contributed by atoms with Gasteiger partial charge in [0, 0.05) is 6.07 Å². The maximum absolute atomic E-state index is 4.93. The fourth-order valence-electron chi connectivity index (χ4n) is 0.707. The van der Waals surface area contributed by atoms with Gasteiger partial charge in [0.05, 0.1) is 10.9 Å². The van der Waals surface area contributed by atoms with Crippen LogP contribution in [0.2, 0.25) is 0 Å². The third-order valence-electron chi connectivity index (χ3n) is 1.27. The zero-order valence-corrected chi connectivity index (χ0v) is 7.02. The van der Waals surface area contributed by atoms with E-state index in [1.54, 1.807) is 0 Å². The second-order valence-corrected chi connectivity index (χ2v) is 2.23. The largest absolute Gasteiger partial charge is 0.359 e. The zero-order valence-electron chi connectivity index (χ0n) is 6.20. The van der Waals surface area contributed by atoms with Crippen LogP contribution in [0.3, 0.4) is 0 Å². The highest BCUT2D eigenvalue weighted by atomic mass is 32.1. The van der Waals surface area contributed by atoms with E-state index in [0.717, 1.165) is 17.9 Å². The van der Waals surface area contributed by atoms with Crippen molar-refractivity contribution in [3.8, 4) is 0 Å². The van der Waals surface area contributed by atoms with Gasteiger partial charge in [0.2, 0.25) is 0 Å². The van der Waals surface area contributed by atoms with Crippen molar-refractivity contribution in [2.75, 3.05) is 0 Å². The molecule has 4 heteroatoms. The summed E-state index contributed by atoms with van der Waals surface area (Å²) in [5.74, 6) is 0.735. The lowest BCUT2D eigenvalue weighted by atomic mass is 10.3. The number of thiocarbonyl (C=S) groups is 1. The summed E-state index contributed by atoms with van der Waals surface area (Å²) in [5, 5.41) is 6.05. The molecule has 1 aromatic heterocycles. The van der Waals surface area contributed by atoms with Gasteiger partial charge in [0.1, 0.15) is 6.54 Å². The molecule has 0 aliphatic heterocycles. The van der Waals surface area contributed by atoms with Gasteiger partial charge in [-0.2, -0.15) is 0 Å². The number of rotatable bonds is 3. The number of hydrogen-bond donors (Lipinski definition) is 0. The molecule has 0 aliphatic rings. The molecular weight excluding hydrogens is 160 g/mol. The highest BCUT2D eigenvalue weighted by molar-refractivity contribution is 7.78. The lowest BCUT2D eigenvalue weighted by Gasteiger charge is -1.79. The second-order valence-electron chi connectivity index (χ2n) is 2.05. The van der Waals surface area contributed by atoms with Gasteiger partial charge >= 0.3 is 0 Å². The van der Waals surface area contributed by atoms with Gasteiger partial charge in [0.25, 0.3) is 0 Å². The summed E-state index contributed by atoms with van der Waals surface area (Å²) in [6.45, 7) is 2.46. The van der Waals surface area contributed by atoms with Crippen molar-refractivity contribution >= 4 is 17.4 Å². The summed E-state index contributed by atoms with van der Waals surface area (Å²) >= 11 is 4.41. The molecule has 1 aromatic rings. The fraction of sp³-hybridized carbons (Fsp3) is 0.429. The van der Waals surface area contributed by atoms with Crippen LogP contribution in [-0.4, -0.2) is 10.3 Å². The Hall–Kier alpha value is -0.990. The van der Waals surface area contributed by atoms with Gasteiger partial charge in [-0.1, -0.05) is 12.1 Å². The van der Waals surface area contributed by atoms with E-state index in [2.05, 4.69) is 27.5 Å². The summed E-state index contributed by atoms with van der Waals surface area (Å²) in [4.78, 5) is 3.72. The van der Waals surface area contributed by atoms with Gasteiger partial charge in [-0.3, -0.25) is 0 Å². The monoisotopic (exact) mass is 168 g/mol. The average Bonchev–Trinajstić information content (AvgIpc) is 2.48. The van der Waals surface area contributed by atoms with E-state index in [4.69, 9.17) is 4.52 Å². The molecule has 0 unspecified atom stereocenters. The van der Waals surface area contributed by atoms with E-state index in [-0.39, 0.29) is 0 Å². The van der Waals surface area contributed by atoms with Crippen LogP contribution in [0, 0.1) is 0 Å². The molecule has 0 spiro atoms. The lowest BCUT2D eigenvalue weighted by molar-refractivity contribution is 0.380. The molecular formula is C7H8N2OS. The van der Waals surface area contributed by atoms with E-state index < -0.39 is 0 Å². The second kappa shape index (κ2) is 4.01. The Kier molecular flexibility index (Phi) is 2.95. The van der Waals surface area contributed by atoms with Crippen LogP contribution in [0.4, 0.5) is 0 Å². The first-order chi connectivity index (χ1) is 5.36. The molecule has 1 heterocycles. The summed E-state index contributed by atoms with van der Waals surface area (Å²) < 4.78 is 4.93. The number of hydrogen-bond acceptors (Lipinski definition) is 4. The van der Waals surface area contributed by atoms with Crippen molar-refractivity contribution < 1.29 is 4.52 Å². The van der Waals surface area contributed by atoms with E-state index >= 15 is 0 Å². The molecule has 11 heavy (non-hydrogen) atoms. The predicted molar refractivity (Wildman–Crippen MR) is 44.6 cm³/mol. The van der Waals surface area contributed by atoms with Crippen LogP contribution in [0.25, 0.3) is 0 Å². The number of aromatic nitrogens is 1. The standard InChI is InChI=1S/C7H8N2OS/c1-2-6-3-7(10-9-6)4-8-5-11/h3H,2,4H2,1H3. The molecule has 0 bridgehead atoms. The highest BCUT2D eigenvalue weighted by Crippen LogP contribution is 2.04. The SMILES string of the molecule is CCc1cc(CN=C=S)on1. The number of aryl methyl sites for hydroxylation is 1. The summed E-state index contributed by atoms with van der Waals surface area (Å²) in [5.41, 5.74) is 0.944. The Morgan fingerprint density at radius 1 is 1.82 bits per heavy atom. The molecule has 0 saturated carbocycles. The van der Waals surface area contributed by atoms with Crippen molar-refractivity contribution in [2.45, 2.75) is 19.9 Å². The molecule has 3 nitrogen and oxygen atoms in total. The minimum absolute atomic E-state index is 0.441.